The van der Waals surface area contributed by atoms with Crippen LogP contribution in [0.1, 0.15) is 55.6 Å². The fourth-order valence-corrected chi connectivity index (χ4v) is 2.98. The molecule has 1 aromatic rings. The first kappa shape index (κ1) is 12.4. The quantitative estimate of drug-likeness (QED) is 0.746. The molecule has 0 radical (unpaired) electrons. The normalized spacial score (nSPS) is 20.3. The smallest absolute Gasteiger partial charge is 0.315 e. The van der Waals surface area contributed by atoms with Crippen molar-refractivity contribution in [2.24, 2.45) is 0 Å². The second-order valence-electron chi connectivity index (χ2n) is 5.32. The summed E-state index contributed by atoms with van der Waals surface area (Å²) in [6.45, 7) is 0. The number of carbonyl (C=O) groups is 1. The van der Waals surface area contributed by atoms with Crippen molar-refractivity contribution in [3.63, 3.8) is 0 Å². The van der Waals surface area contributed by atoms with Gasteiger partial charge >= 0.3 is 5.97 Å². The average Bonchev–Trinajstić information content (AvgIpc) is 2.86. The monoisotopic (exact) mass is 260 g/mol. The molecule has 3 heteroatoms. The Balaban J connectivity index is 1.83. The molecule has 2 nitrogen and oxygen atoms in total. The highest BCUT2D eigenvalue weighted by Gasteiger charge is 2.21. The summed E-state index contributed by atoms with van der Waals surface area (Å²) < 4.78 is 19.3. The maximum Gasteiger partial charge on any atom is 0.315 e. The number of ether oxygens (including phenoxy) is 1. The Morgan fingerprint density at radius 2 is 1.95 bits per heavy atom. The zero-order valence-corrected chi connectivity index (χ0v) is 10.8. The molecule has 2 aliphatic rings. The van der Waals surface area contributed by atoms with Gasteiger partial charge in [-0.2, -0.15) is 0 Å². The molecule has 1 heterocycles. The third-order valence-electron chi connectivity index (χ3n) is 4.01. The number of carbonyl (C=O) groups excluding carboxylic acids is 1. The van der Waals surface area contributed by atoms with Gasteiger partial charge in [0.25, 0.3) is 0 Å². The second kappa shape index (κ2) is 5.16. The summed E-state index contributed by atoms with van der Waals surface area (Å²) in [6.07, 6.45) is 7.78. The molecule has 1 fully saturated rings. The van der Waals surface area contributed by atoms with Crippen molar-refractivity contribution in [1.82, 2.24) is 0 Å². The molecule has 1 aliphatic carbocycles. The first-order valence-electron chi connectivity index (χ1n) is 6.95. The van der Waals surface area contributed by atoms with Crippen LogP contribution in [0.3, 0.4) is 0 Å². The van der Waals surface area contributed by atoms with Crippen LogP contribution >= 0.6 is 0 Å². The van der Waals surface area contributed by atoms with Crippen LogP contribution in [0.2, 0.25) is 0 Å². The minimum atomic E-state index is -0.272. The fraction of sp³-hybridized carbons (Fsp3) is 0.438. The van der Waals surface area contributed by atoms with Gasteiger partial charge in [-0.15, -0.1) is 0 Å². The van der Waals surface area contributed by atoms with Gasteiger partial charge in [-0.3, -0.25) is 4.79 Å². The zero-order valence-electron chi connectivity index (χ0n) is 10.8. The van der Waals surface area contributed by atoms with Gasteiger partial charge in [-0.05, 0) is 36.5 Å². The minimum absolute atomic E-state index is 0.173. The van der Waals surface area contributed by atoms with Crippen LogP contribution < -0.4 is 0 Å². The lowest BCUT2D eigenvalue weighted by atomic mass is 9.83. The molecule has 0 aromatic heterocycles. The Hall–Kier alpha value is -1.64. The van der Waals surface area contributed by atoms with Gasteiger partial charge in [0.2, 0.25) is 0 Å². The molecule has 0 spiro atoms. The number of rotatable bonds is 2. The zero-order chi connectivity index (χ0) is 13.2. The highest BCUT2D eigenvalue weighted by Crippen LogP contribution is 2.35. The third kappa shape index (κ3) is 2.55. The van der Waals surface area contributed by atoms with Crippen molar-refractivity contribution in [2.75, 3.05) is 0 Å². The van der Waals surface area contributed by atoms with Gasteiger partial charge in [0.05, 0.1) is 6.42 Å². The van der Waals surface area contributed by atoms with E-state index in [1.54, 1.807) is 6.08 Å². The Bertz CT molecular complexity index is 528. The van der Waals surface area contributed by atoms with Gasteiger partial charge < -0.3 is 4.74 Å². The van der Waals surface area contributed by atoms with Crippen LogP contribution in [-0.2, 0) is 9.53 Å². The topological polar surface area (TPSA) is 26.3 Å². The number of halogens is 1. The van der Waals surface area contributed by atoms with E-state index in [2.05, 4.69) is 0 Å². The first-order valence-corrected chi connectivity index (χ1v) is 6.95. The molecule has 0 saturated heterocycles. The lowest BCUT2D eigenvalue weighted by molar-refractivity contribution is -0.134. The molecule has 0 N–H and O–H groups in total. The fourth-order valence-electron chi connectivity index (χ4n) is 2.98. The lowest BCUT2D eigenvalue weighted by Gasteiger charge is -2.22. The molecule has 3 rings (SSSR count). The second-order valence-corrected chi connectivity index (χ2v) is 5.32. The van der Waals surface area contributed by atoms with E-state index < -0.39 is 0 Å². The predicted molar refractivity (Wildman–Crippen MR) is 70.9 cm³/mol. The van der Waals surface area contributed by atoms with E-state index in [-0.39, 0.29) is 18.2 Å². The third-order valence-corrected chi connectivity index (χ3v) is 4.01. The van der Waals surface area contributed by atoms with E-state index in [0.717, 1.165) is 18.4 Å². The van der Waals surface area contributed by atoms with Gasteiger partial charge in [0.1, 0.15) is 11.6 Å². The van der Waals surface area contributed by atoms with Crippen LogP contribution in [0.5, 0.6) is 0 Å². The number of hydrogen-bond donors (Lipinski definition) is 0. The van der Waals surface area contributed by atoms with Crippen molar-refractivity contribution in [2.45, 2.75) is 44.4 Å². The average molecular weight is 260 g/mol. The summed E-state index contributed by atoms with van der Waals surface area (Å²) in [4.78, 5) is 11.1. The van der Waals surface area contributed by atoms with Gasteiger partial charge in [-0.25, -0.2) is 4.39 Å². The van der Waals surface area contributed by atoms with Gasteiger partial charge in [-0.1, -0.05) is 31.4 Å². The lowest BCUT2D eigenvalue weighted by Crippen LogP contribution is -2.07. The van der Waals surface area contributed by atoms with Gasteiger partial charge in [0, 0.05) is 5.56 Å². The Morgan fingerprint density at radius 1 is 1.16 bits per heavy atom. The maximum atomic E-state index is 14.2. The largest absolute Gasteiger partial charge is 0.426 e. The summed E-state index contributed by atoms with van der Waals surface area (Å²) in [5.41, 5.74) is 1.47. The maximum absolute atomic E-state index is 14.2. The summed E-state index contributed by atoms with van der Waals surface area (Å²) in [5, 5.41) is 0. The van der Waals surface area contributed by atoms with Crippen LogP contribution in [0.15, 0.2) is 24.3 Å². The number of hydrogen-bond acceptors (Lipinski definition) is 2. The van der Waals surface area contributed by atoms with Crippen LogP contribution in [-0.4, -0.2) is 5.97 Å². The highest BCUT2D eigenvalue weighted by atomic mass is 19.1. The summed E-state index contributed by atoms with van der Waals surface area (Å²) in [7, 11) is 0. The van der Waals surface area contributed by atoms with Crippen LogP contribution in [0.4, 0.5) is 4.39 Å². The minimum Gasteiger partial charge on any atom is -0.426 e. The summed E-state index contributed by atoms with van der Waals surface area (Å²) in [6, 6.07) is 5.21. The summed E-state index contributed by atoms with van der Waals surface area (Å²) in [5.74, 6) is 0.391. The predicted octanol–water partition coefficient (Wildman–Crippen LogP) is 4.16. The first-order chi connectivity index (χ1) is 9.24. The highest BCUT2D eigenvalue weighted by molar-refractivity contribution is 5.85. The van der Waals surface area contributed by atoms with E-state index in [1.807, 2.05) is 12.1 Å². The molecule has 1 aliphatic heterocycles. The van der Waals surface area contributed by atoms with Crippen LogP contribution in [0, 0.1) is 5.82 Å². The van der Waals surface area contributed by atoms with Crippen molar-refractivity contribution >= 4 is 11.7 Å². The molecule has 1 aromatic carbocycles. The Morgan fingerprint density at radius 3 is 2.58 bits per heavy atom. The number of cyclic esters (lactones) is 1. The van der Waals surface area contributed by atoms with Gasteiger partial charge in [0.15, 0.2) is 0 Å². The van der Waals surface area contributed by atoms with E-state index in [0.29, 0.717) is 17.2 Å². The molecular formula is C16H17FO2. The van der Waals surface area contributed by atoms with E-state index >= 15 is 0 Å². The standard InChI is InChI=1S/C16H17FO2/c17-14-10-12(15-8-9-16(18)19-15)6-7-13(14)11-4-2-1-3-5-11/h6-8,10-11H,1-5,9H2. The molecule has 0 bridgehead atoms. The van der Waals surface area contributed by atoms with E-state index in [9.17, 15) is 9.18 Å². The summed E-state index contributed by atoms with van der Waals surface area (Å²) >= 11 is 0. The Labute approximate surface area is 112 Å². The van der Waals surface area contributed by atoms with Crippen molar-refractivity contribution < 1.29 is 13.9 Å². The molecule has 19 heavy (non-hydrogen) atoms. The number of esters is 1. The molecule has 0 unspecified atom stereocenters. The molecule has 1 saturated carbocycles. The van der Waals surface area contributed by atoms with E-state index in [1.165, 1.54) is 25.3 Å². The molecular weight excluding hydrogens is 243 g/mol. The molecule has 0 amide bonds. The van der Waals surface area contributed by atoms with Crippen molar-refractivity contribution in [3.05, 3.63) is 41.2 Å². The van der Waals surface area contributed by atoms with Crippen molar-refractivity contribution in [3.8, 4) is 0 Å². The molecule has 0 atom stereocenters. The van der Waals surface area contributed by atoms with E-state index in [4.69, 9.17) is 4.74 Å². The number of benzene rings is 1. The van der Waals surface area contributed by atoms with Crippen molar-refractivity contribution in [1.29, 1.82) is 0 Å². The molecule has 100 valence electrons. The Kier molecular flexibility index (Phi) is 3.36. The van der Waals surface area contributed by atoms with Crippen LogP contribution in [0.25, 0.3) is 5.76 Å². The SMILES string of the molecule is O=C1CC=C(c2ccc(C3CCCCC3)c(F)c2)O1.